The number of aromatic nitrogens is 1. The van der Waals surface area contributed by atoms with Gasteiger partial charge in [-0.15, -0.1) is 0 Å². The molecule has 0 aliphatic rings. The molecule has 5 nitrogen and oxygen atoms in total. The number of fused-ring (bicyclic) bond motifs is 1. The Bertz CT molecular complexity index is 695. The summed E-state index contributed by atoms with van der Waals surface area (Å²) >= 11 is 0. The molecule has 5 heteroatoms. The van der Waals surface area contributed by atoms with Crippen LogP contribution in [0.25, 0.3) is 10.9 Å². The molecule has 1 aromatic heterocycles. The maximum Gasteiger partial charge on any atom is 0.313 e. The number of esters is 1. The van der Waals surface area contributed by atoms with E-state index in [1.54, 1.807) is 35.9 Å². The first-order chi connectivity index (χ1) is 9.65. The highest BCUT2D eigenvalue weighted by atomic mass is 16.5. The second kappa shape index (κ2) is 6.02. The average Bonchev–Trinajstić information content (AvgIpc) is 2.82. The molecule has 0 fully saturated rings. The SMILES string of the molecule is CCOC(=O)CC(=O)Cn1ccc2c(C#N)cccc21. The molecule has 102 valence electrons. The molecule has 0 saturated carbocycles. The van der Waals surface area contributed by atoms with E-state index in [0.29, 0.717) is 5.56 Å². The average molecular weight is 270 g/mol. The molecule has 0 saturated heterocycles. The topological polar surface area (TPSA) is 72.1 Å². The van der Waals surface area contributed by atoms with Crippen molar-refractivity contribution in [2.24, 2.45) is 0 Å². The fourth-order valence-corrected chi connectivity index (χ4v) is 2.08. The number of rotatable bonds is 5. The van der Waals surface area contributed by atoms with Gasteiger partial charge in [-0.3, -0.25) is 9.59 Å². The largest absolute Gasteiger partial charge is 0.466 e. The van der Waals surface area contributed by atoms with Crippen LogP contribution in [0.3, 0.4) is 0 Å². The van der Waals surface area contributed by atoms with Crippen molar-refractivity contribution in [1.29, 1.82) is 5.26 Å². The molecule has 0 N–H and O–H groups in total. The number of carbonyl (C=O) groups is 2. The minimum absolute atomic E-state index is 0.0944. The smallest absolute Gasteiger partial charge is 0.313 e. The number of hydrogen-bond donors (Lipinski definition) is 0. The zero-order valence-corrected chi connectivity index (χ0v) is 11.1. The van der Waals surface area contributed by atoms with Crippen molar-refractivity contribution in [3.05, 3.63) is 36.0 Å². The first-order valence-corrected chi connectivity index (χ1v) is 6.31. The summed E-state index contributed by atoms with van der Waals surface area (Å²) in [5.74, 6) is -0.727. The molecule has 0 atom stereocenters. The molecule has 1 aromatic carbocycles. The Kier molecular flexibility index (Phi) is 4.16. The van der Waals surface area contributed by atoms with Gasteiger partial charge >= 0.3 is 5.97 Å². The number of hydrogen-bond acceptors (Lipinski definition) is 4. The van der Waals surface area contributed by atoms with Crippen LogP contribution in [-0.4, -0.2) is 22.9 Å². The van der Waals surface area contributed by atoms with Crippen molar-refractivity contribution >= 4 is 22.7 Å². The number of Topliss-reactive ketones (excluding diaryl/α,β-unsaturated/α-hetero) is 1. The molecule has 0 aliphatic carbocycles. The molecular formula is C15H14N2O3. The summed E-state index contributed by atoms with van der Waals surface area (Å²) in [5.41, 5.74) is 1.38. The van der Waals surface area contributed by atoms with Gasteiger partial charge in [0.2, 0.25) is 0 Å². The van der Waals surface area contributed by atoms with Gasteiger partial charge in [-0.05, 0) is 25.1 Å². The molecule has 1 heterocycles. The molecular weight excluding hydrogens is 256 g/mol. The number of nitrogens with zero attached hydrogens (tertiary/aromatic N) is 2. The normalized spacial score (nSPS) is 10.2. The van der Waals surface area contributed by atoms with Crippen LogP contribution in [0.4, 0.5) is 0 Å². The maximum atomic E-state index is 11.8. The Hall–Kier alpha value is -2.61. The van der Waals surface area contributed by atoms with Crippen molar-refractivity contribution in [2.75, 3.05) is 6.61 Å². The highest BCUT2D eigenvalue weighted by Gasteiger charge is 2.12. The summed E-state index contributed by atoms with van der Waals surface area (Å²) in [6.45, 7) is 2.06. The first kappa shape index (κ1) is 13.8. The fraction of sp³-hybridized carbons (Fsp3) is 0.267. The Labute approximate surface area is 116 Å². The van der Waals surface area contributed by atoms with Crippen LogP contribution in [0.5, 0.6) is 0 Å². The number of benzene rings is 1. The highest BCUT2D eigenvalue weighted by Crippen LogP contribution is 2.19. The van der Waals surface area contributed by atoms with E-state index in [0.717, 1.165) is 10.9 Å². The third-order valence-electron chi connectivity index (χ3n) is 2.93. The lowest BCUT2D eigenvalue weighted by atomic mass is 10.1. The minimum atomic E-state index is -0.508. The van der Waals surface area contributed by atoms with Gasteiger partial charge in [0, 0.05) is 17.1 Å². The van der Waals surface area contributed by atoms with Gasteiger partial charge in [0.15, 0.2) is 5.78 Å². The molecule has 0 spiro atoms. The molecule has 0 radical (unpaired) electrons. The summed E-state index contributed by atoms with van der Waals surface area (Å²) < 4.78 is 6.48. The van der Waals surface area contributed by atoms with E-state index < -0.39 is 5.97 Å². The van der Waals surface area contributed by atoms with E-state index >= 15 is 0 Å². The van der Waals surface area contributed by atoms with E-state index in [1.165, 1.54) is 0 Å². The summed E-state index contributed by atoms with van der Waals surface area (Å²) in [5, 5.41) is 9.82. The Morgan fingerprint density at radius 1 is 1.35 bits per heavy atom. The molecule has 2 rings (SSSR count). The monoisotopic (exact) mass is 270 g/mol. The van der Waals surface area contributed by atoms with Crippen LogP contribution >= 0.6 is 0 Å². The van der Waals surface area contributed by atoms with E-state index in [4.69, 9.17) is 10.00 Å². The summed E-state index contributed by atoms with van der Waals surface area (Å²) in [6.07, 6.45) is 1.51. The predicted molar refractivity (Wildman–Crippen MR) is 72.9 cm³/mol. The third kappa shape index (κ3) is 2.86. The third-order valence-corrected chi connectivity index (χ3v) is 2.93. The van der Waals surface area contributed by atoms with Gasteiger partial charge in [-0.25, -0.2) is 0 Å². The lowest BCUT2D eigenvalue weighted by Crippen LogP contribution is -2.15. The van der Waals surface area contributed by atoms with Crippen molar-refractivity contribution in [3.63, 3.8) is 0 Å². The van der Waals surface area contributed by atoms with E-state index in [2.05, 4.69) is 6.07 Å². The van der Waals surface area contributed by atoms with Gasteiger partial charge in [-0.1, -0.05) is 6.07 Å². The first-order valence-electron chi connectivity index (χ1n) is 6.31. The molecule has 0 aliphatic heterocycles. The van der Waals surface area contributed by atoms with Crippen molar-refractivity contribution in [1.82, 2.24) is 4.57 Å². The zero-order valence-electron chi connectivity index (χ0n) is 11.1. The summed E-state index contributed by atoms with van der Waals surface area (Å²) in [6, 6.07) is 9.25. The lowest BCUT2D eigenvalue weighted by Gasteiger charge is -2.05. The van der Waals surface area contributed by atoms with Crippen LogP contribution in [0.1, 0.15) is 18.9 Å². The summed E-state index contributed by atoms with van der Waals surface area (Å²) in [7, 11) is 0. The molecule has 0 bridgehead atoms. The van der Waals surface area contributed by atoms with Gasteiger partial charge < -0.3 is 9.30 Å². The highest BCUT2D eigenvalue weighted by molar-refractivity contribution is 5.96. The van der Waals surface area contributed by atoms with Crippen LogP contribution < -0.4 is 0 Å². The molecule has 0 unspecified atom stereocenters. The van der Waals surface area contributed by atoms with Crippen LogP contribution in [0.2, 0.25) is 0 Å². The lowest BCUT2D eigenvalue weighted by molar-refractivity contribution is -0.145. The number of ketones is 1. The maximum absolute atomic E-state index is 11.8. The standard InChI is InChI=1S/C15H14N2O3/c1-2-20-15(19)8-12(18)10-17-7-6-13-11(9-16)4-3-5-14(13)17/h3-7H,2,8,10H2,1H3. The number of carbonyl (C=O) groups excluding carboxylic acids is 2. The van der Waals surface area contributed by atoms with E-state index in [9.17, 15) is 9.59 Å². The van der Waals surface area contributed by atoms with E-state index in [1.807, 2.05) is 6.07 Å². The van der Waals surface area contributed by atoms with Gasteiger partial charge in [0.05, 0.1) is 24.8 Å². The molecule has 2 aromatic rings. The van der Waals surface area contributed by atoms with Crippen LogP contribution in [0.15, 0.2) is 30.5 Å². The Morgan fingerprint density at radius 2 is 2.15 bits per heavy atom. The Balaban J connectivity index is 2.17. The number of nitriles is 1. The molecule has 20 heavy (non-hydrogen) atoms. The quantitative estimate of drug-likeness (QED) is 0.615. The Morgan fingerprint density at radius 3 is 2.85 bits per heavy atom. The van der Waals surface area contributed by atoms with Crippen LogP contribution in [0, 0.1) is 11.3 Å². The van der Waals surface area contributed by atoms with Gasteiger partial charge in [0.25, 0.3) is 0 Å². The second-order valence-corrected chi connectivity index (χ2v) is 4.31. The van der Waals surface area contributed by atoms with Gasteiger partial charge in [0.1, 0.15) is 6.42 Å². The minimum Gasteiger partial charge on any atom is -0.466 e. The predicted octanol–water partition coefficient (Wildman–Crippen LogP) is 2.04. The second-order valence-electron chi connectivity index (χ2n) is 4.31. The van der Waals surface area contributed by atoms with Crippen molar-refractivity contribution < 1.29 is 14.3 Å². The molecule has 0 amide bonds. The fourth-order valence-electron chi connectivity index (χ4n) is 2.08. The van der Waals surface area contributed by atoms with Crippen molar-refractivity contribution in [3.8, 4) is 6.07 Å². The van der Waals surface area contributed by atoms with Gasteiger partial charge in [-0.2, -0.15) is 5.26 Å². The van der Waals surface area contributed by atoms with E-state index in [-0.39, 0.29) is 25.4 Å². The van der Waals surface area contributed by atoms with Crippen molar-refractivity contribution in [2.45, 2.75) is 19.9 Å². The number of ether oxygens (including phenoxy) is 1. The summed E-state index contributed by atoms with van der Waals surface area (Å²) in [4.78, 5) is 23.1. The zero-order chi connectivity index (χ0) is 14.5. The van der Waals surface area contributed by atoms with Crippen LogP contribution in [-0.2, 0) is 20.9 Å².